The molecule has 96 valence electrons. The first-order chi connectivity index (χ1) is 8.39. The van der Waals surface area contributed by atoms with E-state index in [2.05, 4.69) is 9.97 Å². The van der Waals surface area contributed by atoms with Crippen molar-refractivity contribution in [1.82, 2.24) is 9.97 Å². The minimum atomic E-state index is -4.61. The molecule has 0 aliphatic heterocycles. The Bertz CT molecular complexity index is 603. The van der Waals surface area contributed by atoms with Gasteiger partial charge in [-0.3, -0.25) is 0 Å². The van der Waals surface area contributed by atoms with Crippen LogP contribution in [-0.4, -0.2) is 21.0 Å². The van der Waals surface area contributed by atoms with Gasteiger partial charge in [0.1, 0.15) is 11.4 Å². The average Bonchev–Trinajstić information content (AvgIpc) is 2.77. The van der Waals surface area contributed by atoms with Gasteiger partial charge in [-0.05, 0) is 12.1 Å². The van der Waals surface area contributed by atoms with Crippen LogP contribution in [0.4, 0.5) is 13.2 Å². The van der Waals surface area contributed by atoms with Gasteiger partial charge in [-0.1, -0.05) is 6.07 Å². The summed E-state index contributed by atoms with van der Waals surface area (Å²) in [6, 6.07) is 3.10. The van der Waals surface area contributed by atoms with Crippen LogP contribution in [0, 0.1) is 0 Å². The third-order valence-corrected chi connectivity index (χ3v) is 2.04. The van der Waals surface area contributed by atoms with Gasteiger partial charge in [-0.15, -0.1) is 0 Å². The molecule has 0 aliphatic carbocycles. The Morgan fingerprint density at radius 3 is 2.63 bits per heavy atom. The van der Waals surface area contributed by atoms with E-state index < -0.39 is 23.5 Å². The number of rotatable bonds is 2. The molecule has 0 atom stereocenters. The summed E-state index contributed by atoms with van der Waals surface area (Å²) in [4.78, 5) is 17.5. The second-order valence-electron chi connectivity index (χ2n) is 3.24. The molecular weight excluding hydrogens is 260 g/mol. The largest absolute Gasteiger partial charge is 1.00 e. The van der Waals surface area contributed by atoms with Gasteiger partial charge in [0, 0.05) is 0 Å². The maximum Gasteiger partial charge on any atom is 1.00 e. The third kappa shape index (κ3) is 3.16. The first-order valence-corrected chi connectivity index (χ1v) is 4.61. The maximum atomic E-state index is 12.4. The zero-order valence-electron chi connectivity index (χ0n) is 10.6. The molecule has 0 spiro atoms. The van der Waals surface area contributed by atoms with Crippen LogP contribution in [-0.2, 0) is 6.18 Å². The molecular formula is C10H6F3LiN2O3. The summed E-state index contributed by atoms with van der Waals surface area (Å²) in [7, 11) is 0. The number of hydrogen-bond donors (Lipinski definition) is 1. The van der Waals surface area contributed by atoms with E-state index in [1.807, 2.05) is 0 Å². The monoisotopic (exact) mass is 266 g/mol. The number of alkyl halides is 3. The number of nitrogens with zero attached hydrogens (tertiary/aromatic N) is 2. The number of aromatic carboxylic acids is 1. The van der Waals surface area contributed by atoms with E-state index in [0.29, 0.717) is 0 Å². The summed E-state index contributed by atoms with van der Waals surface area (Å²) < 4.78 is 42.1. The molecule has 0 aromatic carbocycles. The van der Waals surface area contributed by atoms with Crippen molar-refractivity contribution in [3.8, 4) is 11.5 Å². The van der Waals surface area contributed by atoms with Crippen molar-refractivity contribution in [3.63, 3.8) is 0 Å². The number of aromatic nitrogens is 2. The van der Waals surface area contributed by atoms with Gasteiger partial charge in [0.2, 0.25) is 0 Å². The second-order valence-corrected chi connectivity index (χ2v) is 3.24. The Balaban J connectivity index is 0.00000180. The van der Waals surface area contributed by atoms with Gasteiger partial charge < -0.3 is 11.0 Å². The van der Waals surface area contributed by atoms with Crippen LogP contribution >= 0.6 is 0 Å². The van der Waals surface area contributed by atoms with Crippen LogP contribution in [0.1, 0.15) is 17.6 Å². The van der Waals surface area contributed by atoms with Gasteiger partial charge in [0.25, 0.3) is 0 Å². The Hall–Kier alpha value is -1.78. The van der Waals surface area contributed by atoms with E-state index in [-0.39, 0.29) is 31.7 Å². The summed E-state index contributed by atoms with van der Waals surface area (Å²) in [5, 5.41) is 8.77. The van der Waals surface area contributed by atoms with Crippen molar-refractivity contribution in [1.29, 1.82) is 0 Å². The maximum absolute atomic E-state index is 12.4. The zero-order chi connectivity index (χ0) is 13.3. The Morgan fingerprint density at radius 2 is 2.05 bits per heavy atom. The van der Waals surface area contributed by atoms with Crippen molar-refractivity contribution in [2.24, 2.45) is 0 Å². The molecule has 2 rings (SSSR count). The van der Waals surface area contributed by atoms with Crippen LogP contribution in [0.25, 0.3) is 11.5 Å². The molecule has 0 fully saturated rings. The van der Waals surface area contributed by atoms with Crippen LogP contribution in [0.15, 0.2) is 29.0 Å². The van der Waals surface area contributed by atoms with Crippen molar-refractivity contribution in [2.45, 2.75) is 6.18 Å². The zero-order valence-corrected chi connectivity index (χ0v) is 9.60. The first-order valence-electron chi connectivity index (χ1n) is 4.61. The number of hydrogen-bond acceptors (Lipinski definition) is 4. The van der Waals surface area contributed by atoms with E-state index >= 15 is 0 Å². The van der Waals surface area contributed by atoms with E-state index in [1.54, 1.807) is 0 Å². The number of carbonyl (C=O) groups is 1. The van der Waals surface area contributed by atoms with Crippen molar-refractivity contribution < 1.29 is 47.8 Å². The fourth-order valence-electron chi connectivity index (χ4n) is 1.30. The predicted octanol–water partition coefficient (Wildman–Crippen LogP) is -0.430. The van der Waals surface area contributed by atoms with Gasteiger partial charge in [-0.25, -0.2) is 14.8 Å². The molecule has 9 heteroatoms. The minimum absolute atomic E-state index is 0. The Morgan fingerprint density at radius 1 is 1.37 bits per heavy atom. The van der Waals surface area contributed by atoms with Gasteiger partial charge in [0.15, 0.2) is 17.8 Å². The fourth-order valence-corrected chi connectivity index (χ4v) is 1.30. The first kappa shape index (κ1) is 15.3. The Kier molecular flexibility index (Phi) is 4.39. The van der Waals surface area contributed by atoms with Crippen LogP contribution in [0.3, 0.4) is 0 Å². The van der Waals surface area contributed by atoms with Crippen molar-refractivity contribution >= 4 is 5.97 Å². The number of halogens is 3. The molecule has 0 saturated carbocycles. The predicted molar refractivity (Wildman–Crippen MR) is 52.8 cm³/mol. The Labute approximate surface area is 118 Å². The normalized spacial score (nSPS) is 10.9. The standard InChI is InChI=1S/C10H5F3N2O3.Li.H/c11-10(12,13)6-3-1-2-5(15-6)8-7(9(16)17)14-4-18-8;;/h1-4H,(H,16,17);;/q;+1;-1. The number of carboxylic acids is 1. The molecule has 0 unspecified atom stereocenters. The molecule has 2 heterocycles. The van der Waals surface area contributed by atoms with Crippen LogP contribution in [0.2, 0.25) is 0 Å². The molecule has 0 radical (unpaired) electrons. The number of carboxylic acid groups (broad SMARTS) is 1. The average molecular weight is 266 g/mol. The fraction of sp³-hybridized carbons (Fsp3) is 0.100. The molecule has 2 aromatic heterocycles. The van der Waals surface area contributed by atoms with E-state index in [0.717, 1.165) is 18.5 Å². The van der Waals surface area contributed by atoms with Crippen LogP contribution in [0.5, 0.6) is 0 Å². The number of oxazole rings is 1. The topological polar surface area (TPSA) is 76.2 Å². The van der Waals surface area contributed by atoms with E-state index in [1.165, 1.54) is 6.07 Å². The quantitative estimate of drug-likeness (QED) is 0.746. The minimum Gasteiger partial charge on any atom is -1.00 e. The third-order valence-electron chi connectivity index (χ3n) is 2.04. The summed E-state index contributed by atoms with van der Waals surface area (Å²) in [5.74, 6) is -1.72. The molecule has 2 aromatic rings. The van der Waals surface area contributed by atoms with Crippen LogP contribution < -0.4 is 18.9 Å². The molecule has 0 amide bonds. The van der Waals surface area contributed by atoms with E-state index in [9.17, 15) is 18.0 Å². The molecule has 0 aliphatic rings. The van der Waals surface area contributed by atoms with Crippen molar-refractivity contribution in [3.05, 3.63) is 36.0 Å². The molecule has 1 N–H and O–H groups in total. The van der Waals surface area contributed by atoms with Gasteiger partial charge >= 0.3 is 31.0 Å². The van der Waals surface area contributed by atoms with Gasteiger partial charge in [0.05, 0.1) is 0 Å². The molecule has 19 heavy (non-hydrogen) atoms. The summed E-state index contributed by atoms with van der Waals surface area (Å²) in [6.07, 6.45) is -3.78. The molecule has 0 bridgehead atoms. The molecule has 0 saturated heterocycles. The summed E-state index contributed by atoms with van der Waals surface area (Å²) in [6.45, 7) is 0. The van der Waals surface area contributed by atoms with E-state index in [4.69, 9.17) is 9.52 Å². The van der Waals surface area contributed by atoms with Crippen molar-refractivity contribution in [2.75, 3.05) is 0 Å². The summed E-state index contributed by atoms with van der Waals surface area (Å²) in [5.41, 5.74) is -1.85. The summed E-state index contributed by atoms with van der Waals surface area (Å²) >= 11 is 0. The smallest absolute Gasteiger partial charge is 1.00 e. The SMILES string of the molecule is O=C(O)c1ncoc1-c1cccc(C(F)(F)F)n1.[H-].[Li+]. The van der Waals surface area contributed by atoms with Gasteiger partial charge in [-0.2, -0.15) is 13.2 Å². The molecule has 5 nitrogen and oxygen atoms in total. The number of pyridine rings is 1. The second kappa shape index (κ2) is 5.46.